The van der Waals surface area contributed by atoms with Gasteiger partial charge in [-0.1, -0.05) is 57.9 Å². The summed E-state index contributed by atoms with van der Waals surface area (Å²) in [4.78, 5) is 34.1. The van der Waals surface area contributed by atoms with E-state index in [-0.39, 0.29) is 30.7 Å². The van der Waals surface area contributed by atoms with Crippen molar-refractivity contribution in [2.45, 2.75) is 38.8 Å². The zero-order chi connectivity index (χ0) is 25.1. The van der Waals surface area contributed by atoms with Gasteiger partial charge in [-0.15, -0.1) is 11.3 Å². The molecule has 5 nitrogen and oxygen atoms in total. The number of carbonyl (C=O) groups is 2. The van der Waals surface area contributed by atoms with E-state index in [9.17, 15) is 9.59 Å². The van der Waals surface area contributed by atoms with Crippen LogP contribution in [0, 0.1) is 6.92 Å². The molecule has 7 heteroatoms. The van der Waals surface area contributed by atoms with Crippen LogP contribution >= 0.6 is 27.3 Å². The van der Waals surface area contributed by atoms with Crippen LogP contribution in [0.2, 0.25) is 0 Å². The van der Waals surface area contributed by atoms with E-state index in [1.165, 1.54) is 21.6 Å². The monoisotopic (exact) mass is 565 g/mol. The molecule has 0 bridgehead atoms. The second kappa shape index (κ2) is 11.3. The van der Waals surface area contributed by atoms with Crippen molar-refractivity contribution in [3.05, 3.63) is 91.6 Å². The summed E-state index contributed by atoms with van der Waals surface area (Å²) < 4.78 is 1.08. The average Bonchev–Trinajstić information content (AvgIpc) is 3.37. The lowest BCUT2D eigenvalue weighted by molar-refractivity contribution is -0.139. The molecule has 36 heavy (non-hydrogen) atoms. The van der Waals surface area contributed by atoms with Crippen molar-refractivity contribution in [1.29, 1.82) is 0 Å². The van der Waals surface area contributed by atoms with Crippen molar-refractivity contribution in [3.8, 4) is 0 Å². The highest BCUT2D eigenvalue weighted by Gasteiger charge is 2.33. The van der Waals surface area contributed by atoms with E-state index in [1.54, 1.807) is 11.3 Å². The molecule has 0 radical (unpaired) electrons. The van der Waals surface area contributed by atoms with Crippen LogP contribution < -0.4 is 0 Å². The summed E-state index contributed by atoms with van der Waals surface area (Å²) in [7, 11) is 0. The van der Waals surface area contributed by atoms with Crippen LogP contribution in [0.5, 0.6) is 0 Å². The number of carbonyl (C=O) groups excluding carboxylic acids is 2. The number of aryl methyl sites for hydroxylation is 1. The van der Waals surface area contributed by atoms with Gasteiger partial charge in [0.15, 0.2) is 0 Å². The van der Waals surface area contributed by atoms with Crippen LogP contribution in [0.1, 0.15) is 46.0 Å². The van der Waals surface area contributed by atoms with Crippen LogP contribution in [0.25, 0.3) is 0 Å². The van der Waals surface area contributed by atoms with E-state index in [1.807, 2.05) is 9.80 Å². The lowest BCUT2D eigenvalue weighted by atomic mass is 9.92. The number of benzene rings is 2. The first-order chi connectivity index (χ1) is 17.5. The second-order valence-electron chi connectivity index (χ2n) is 9.74. The number of hydrogen-bond donors (Lipinski definition) is 0. The summed E-state index contributed by atoms with van der Waals surface area (Å²) >= 11 is 5.26. The Hall–Kier alpha value is -2.48. The molecule has 3 aromatic rings. The predicted octanol–water partition coefficient (Wildman–Crippen LogP) is 5.42. The van der Waals surface area contributed by atoms with Gasteiger partial charge in [0, 0.05) is 61.5 Å². The zero-order valence-corrected chi connectivity index (χ0v) is 23.1. The maximum atomic E-state index is 13.4. The van der Waals surface area contributed by atoms with Gasteiger partial charge in [-0.25, -0.2) is 0 Å². The maximum absolute atomic E-state index is 13.4. The first-order valence-electron chi connectivity index (χ1n) is 12.6. The number of halogens is 1. The molecule has 1 unspecified atom stereocenters. The normalized spacial score (nSPS) is 18.2. The molecule has 1 fully saturated rings. The van der Waals surface area contributed by atoms with Gasteiger partial charge in [-0.3, -0.25) is 14.5 Å². The third kappa shape index (κ3) is 5.74. The Kier molecular flexibility index (Phi) is 7.89. The molecule has 2 amide bonds. The molecule has 0 N–H and O–H groups in total. The molecular weight excluding hydrogens is 534 g/mol. The third-order valence-electron chi connectivity index (χ3n) is 7.24. The van der Waals surface area contributed by atoms with Crippen molar-refractivity contribution in [2.24, 2.45) is 0 Å². The summed E-state index contributed by atoms with van der Waals surface area (Å²) in [6, 6.07) is 18.9. The first kappa shape index (κ1) is 25.2. The van der Waals surface area contributed by atoms with Crippen molar-refractivity contribution in [3.63, 3.8) is 0 Å². The highest BCUT2D eigenvalue weighted by Crippen LogP contribution is 2.38. The van der Waals surface area contributed by atoms with E-state index in [0.29, 0.717) is 6.54 Å². The van der Waals surface area contributed by atoms with Gasteiger partial charge in [0.05, 0.1) is 6.04 Å². The van der Waals surface area contributed by atoms with E-state index in [4.69, 9.17) is 0 Å². The zero-order valence-electron chi connectivity index (χ0n) is 20.7. The predicted molar refractivity (Wildman–Crippen MR) is 148 cm³/mol. The standard InChI is InChI=1S/C29H32BrN3O2S/c1-21-3-2-4-23(19-21)29-25-12-18-36-26(25)11-13-33(29)28(35)10-9-27(34)32-16-14-31(15-17-32)20-22-5-7-24(30)8-6-22/h2-8,12,18-19,29H,9-11,13-17,20H2,1H3. The smallest absolute Gasteiger partial charge is 0.223 e. The van der Waals surface area contributed by atoms with E-state index < -0.39 is 0 Å². The molecule has 2 aliphatic rings. The lowest BCUT2D eigenvalue weighted by Crippen LogP contribution is -2.48. The Bertz CT molecular complexity index is 1220. The van der Waals surface area contributed by atoms with Gasteiger partial charge in [0.2, 0.25) is 11.8 Å². The first-order valence-corrected chi connectivity index (χ1v) is 14.3. The van der Waals surface area contributed by atoms with Gasteiger partial charge in [-0.05, 0) is 53.6 Å². The number of amides is 2. The minimum Gasteiger partial charge on any atom is -0.340 e. The van der Waals surface area contributed by atoms with Crippen LogP contribution in [0.15, 0.2) is 64.5 Å². The van der Waals surface area contributed by atoms with Gasteiger partial charge < -0.3 is 9.80 Å². The summed E-state index contributed by atoms with van der Waals surface area (Å²) in [6.45, 7) is 6.84. The van der Waals surface area contributed by atoms with Gasteiger partial charge in [-0.2, -0.15) is 0 Å². The number of hydrogen-bond acceptors (Lipinski definition) is 4. The quantitative estimate of drug-likeness (QED) is 0.401. The molecule has 2 aliphatic heterocycles. The topological polar surface area (TPSA) is 43.9 Å². The summed E-state index contributed by atoms with van der Waals surface area (Å²) in [6.07, 6.45) is 1.42. The van der Waals surface area contributed by atoms with E-state index in [2.05, 4.69) is 87.7 Å². The Balaban J connectivity index is 1.16. The van der Waals surface area contributed by atoms with Gasteiger partial charge in [0.25, 0.3) is 0 Å². The lowest BCUT2D eigenvalue weighted by Gasteiger charge is -2.37. The number of fused-ring (bicyclic) bond motifs is 1. The largest absolute Gasteiger partial charge is 0.340 e. The maximum Gasteiger partial charge on any atom is 0.223 e. The van der Waals surface area contributed by atoms with Crippen molar-refractivity contribution in [2.75, 3.05) is 32.7 Å². The van der Waals surface area contributed by atoms with E-state index in [0.717, 1.165) is 49.2 Å². The van der Waals surface area contributed by atoms with Crippen LogP contribution in [0.4, 0.5) is 0 Å². The second-order valence-corrected chi connectivity index (χ2v) is 11.7. The fraction of sp³-hybridized carbons (Fsp3) is 0.379. The fourth-order valence-electron chi connectivity index (χ4n) is 5.30. The van der Waals surface area contributed by atoms with Crippen molar-refractivity contribution < 1.29 is 9.59 Å². The Morgan fingerprint density at radius 2 is 1.69 bits per heavy atom. The number of thiophene rings is 1. The molecule has 188 valence electrons. The minimum absolute atomic E-state index is 0.0651. The number of rotatable bonds is 6. The van der Waals surface area contributed by atoms with E-state index >= 15 is 0 Å². The molecular formula is C29H32BrN3O2S. The highest BCUT2D eigenvalue weighted by molar-refractivity contribution is 9.10. The Morgan fingerprint density at radius 3 is 2.44 bits per heavy atom. The highest BCUT2D eigenvalue weighted by atomic mass is 79.9. The van der Waals surface area contributed by atoms with Gasteiger partial charge >= 0.3 is 0 Å². The average molecular weight is 567 g/mol. The van der Waals surface area contributed by atoms with Crippen LogP contribution in [-0.2, 0) is 22.6 Å². The van der Waals surface area contributed by atoms with Crippen molar-refractivity contribution in [1.82, 2.24) is 14.7 Å². The molecule has 2 aromatic carbocycles. The number of piperazine rings is 1. The van der Waals surface area contributed by atoms with Gasteiger partial charge in [0.1, 0.15) is 0 Å². The Labute approximate surface area is 225 Å². The number of nitrogens with zero attached hydrogens (tertiary/aromatic N) is 3. The molecule has 1 atom stereocenters. The summed E-state index contributed by atoms with van der Waals surface area (Å²) in [5, 5.41) is 2.13. The summed E-state index contributed by atoms with van der Waals surface area (Å²) in [5.41, 5.74) is 4.85. The Morgan fingerprint density at radius 1 is 0.944 bits per heavy atom. The SMILES string of the molecule is Cc1cccc(C2c3ccsc3CCN2C(=O)CCC(=O)N2CCN(Cc3ccc(Br)cc3)CC2)c1. The van der Waals surface area contributed by atoms with Crippen LogP contribution in [-0.4, -0.2) is 59.2 Å². The third-order valence-corrected chi connectivity index (χ3v) is 8.77. The molecule has 1 saturated heterocycles. The summed E-state index contributed by atoms with van der Waals surface area (Å²) in [5.74, 6) is 0.160. The molecule has 0 spiro atoms. The molecule has 0 aliphatic carbocycles. The minimum atomic E-state index is -0.0651. The molecule has 0 saturated carbocycles. The van der Waals surface area contributed by atoms with Crippen LogP contribution in [0.3, 0.4) is 0 Å². The van der Waals surface area contributed by atoms with Crippen molar-refractivity contribution >= 4 is 39.1 Å². The fourth-order valence-corrected chi connectivity index (χ4v) is 6.47. The molecule has 5 rings (SSSR count). The molecule has 3 heterocycles. The molecule has 1 aromatic heterocycles.